The lowest BCUT2D eigenvalue weighted by atomic mass is 9.99. The van der Waals surface area contributed by atoms with Gasteiger partial charge in [-0.3, -0.25) is 9.79 Å². The summed E-state index contributed by atoms with van der Waals surface area (Å²) in [6.45, 7) is 4.22. The van der Waals surface area contributed by atoms with Crippen molar-refractivity contribution in [3.63, 3.8) is 0 Å². The third-order valence-corrected chi connectivity index (χ3v) is 4.94. The minimum Gasteiger partial charge on any atom is -0.469 e. The molecule has 1 saturated heterocycles. The van der Waals surface area contributed by atoms with E-state index in [0.29, 0.717) is 13.1 Å². The van der Waals surface area contributed by atoms with Gasteiger partial charge >= 0.3 is 5.97 Å². The summed E-state index contributed by atoms with van der Waals surface area (Å²) >= 11 is 0. The summed E-state index contributed by atoms with van der Waals surface area (Å²) in [6, 6.07) is 14.7. The fourth-order valence-corrected chi connectivity index (χ4v) is 3.55. The van der Waals surface area contributed by atoms with Gasteiger partial charge in [0.1, 0.15) is 0 Å². The highest BCUT2D eigenvalue weighted by Gasteiger charge is 2.36. The average molecular weight is 339 g/mol. The first-order valence-electron chi connectivity index (χ1n) is 8.64. The Hall–Kier alpha value is -2.56. The van der Waals surface area contributed by atoms with Gasteiger partial charge in [0.15, 0.2) is 5.96 Å². The molecule has 0 saturated carbocycles. The standard InChI is InChI=1S/C20H25N3O2/c1-14-12-23(13-18(14)19(24)25-3)20(21-2)22-11-16-9-6-8-15-7-4-5-10-17(15)16/h4-10,14,18H,11-13H2,1-3H3,(H,21,22). The van der Waals surface area contributed by atoms with Crippen molar-refractivity contribution in [2.45, 2.75) is 13.5 Å². The number of fused-ring (bicyclic) bond motifs is 1. The van der Waals surface area contributed by atoms with E-state index in [0.717, 1.165) is 12.5 Å². The second-order valence-corrected chi connectivity index (χ2v) is 6.55. The van der Waals surface area contributed by atoms with Crippen LogP contribution in [-0.4, -0.2) is 44.1 Å². The number of hydrogen-bond acceptors (Lipinski definition) is 3. The van der Waals surface area contributed by atoms with E-state index in [9.17, 15) is 4.79 Å². The molecule has 1 heterocycles. The first-order valence-corrected chi connectivity index (χ1v) is 8.64. The van der Waals surface area contributed by atoms with Gasteiger partial charge in [0.05, 0.1) is 13.0 Å². The van der Waals surface area contributed by atoms with E-state index in [4.69, 9.17) is 4.74 Å². The van der Waals surface area contributed by atoms with Crippen LogP contribution in [0.3, 0.4) is 0 Å². The highest BCUT2D eigenvalue weighted by atomic mass is 16.5. The number of nitrogens with one attached hydrogen (secondary N) is 1. The van der Waals surface area contributed by atoms with Crippen LogP contribution in [0.5, 0.6) is 0 Å². The predicted octanol–water partition coefficient (Wildman–Crippen LogP) is 2.66. The van der Waals surface area contributed by atoms with E-state index < -0.39 is 0 Å². The molecule has 132 valence electrons. The number of ether oxygens (including phenoxy) is 1. The zero-order valence-electron chi connectivity index (χ0n) is 15.0. The summed E-state index contributed by atoms with van der Waals surface area (Å²) in [4.78, 5) is 18.4. The third kappa shape index (κ3) is 3.60. The molecule has 0 bridgehead atoms. The molecule has 2 aromatic rings. The minimum atomic E-state index is -0.139. The number of aliphatic imine (C=N–C) groups is 1. The van der Waals surface area contributed by atoms with Crippen LogP contribution in [0.1, 0.15) is 12.5 Å². The number of likely N-dealkylation sites (tertiary alicyclic amines) is 1. The second kappa shape index (κ2) is 7.55. The van der Waals surface area contributed by atoms with Crippen LogP contribution in [-0.2, 0) is 16.1 Å². The van der Waals surface area contributed by atoms with Crippen LogP contribution in [0.15, 0.2) is 47.5 Å². The van der Waals surface area contributed by atoms with Gasteiger partial charge in [0.2, 0.25) is 0 Å². The number of benzene rings is 2. The Morgan fingerprint density at radius 3 is 2.76 bits per heavy atom. The van der Waals surface area contributed by atoms with E-state index >= 15 is 0 Å². The maximum absolute atomic E-state index is 11.9. The zero-order valence-corrected chi connectivity index (χ0v) is 15.0. The number of methoxy groups -OCH3 is 1. The van der Waals surface area contributed by atoms with Crippen molar-refractivity contribution >= 4 is 22.7 Å². The molecular weight excluding hydrogens is 314 g/mol. The lowest BCUT2D eigenvalue weighted by Gasteiger charge is -2.22. The Bertz CT molecular complexity index is 782. The molecule has 2 aromatic carbocycles. The third-order valence-electron chi connectivity index (χ3n) is 4.94. The number of nitrogens with zero attached hydrogens (tertiary/aromatic N) is 2. The summed E-state index contributed by atoms with van der Waals surface area (Å²) in [7, 11) is 3.23. The van der Waals surface area contributed by atoms with E-state index in [1.165, 1.54) is 23.4 Å². The van der Waals surface area contributed by atoms with Crippen LogP contribution in [0.4, 0.5) is 0 Å². The van der Waals surface area contributed by atoms with Gasteiger partial charge in [-0.05, 0) is 22.3 Å². The van der Waals surface area contributed by atoms with Gasteiger partial charge in [-0.2, -0.15) is 0 Å². The lowest BCUT2D eigenvalue weighted by molar-refractivity contribution is -0.145. The molecular formula is C20H25N3O2. The number of guanidine groups is 1. The molecule has 5 heteroatoms. The van der Waals surface area contributed by atoms with Crippen molar-refractivity contribution < 1.29 is 9.53 Å². The predicted molar refractivity (Wildman–Crippen MR) is 100 cm³/mol. The van der Waals surface area contributed by atoms with Crippen LogP contribution < -0.4 is 5.32 Å². The smallest absolute Gasteiger partial charge is 0.310 e. The Morgan fingerprint density at radius 2 is 2.00 bits per heavy atom. The normalized spacial score (nSPS) is 20.8. The first kappa shape index (κ1) is 17.3. The molecule has 0 amide bonds. The van der Waals surface area contributed by atoms with Crippen molar-refractivity contribution in [2.24, 2.45) is 16.8 Å². The minimum absolute atomic E-state index is 0.0962. The number of hydrogen-bond donors (Lipinski definition) is 1. The van der Waals surface area contributed by atoms with E-state index in [2.05, 4.69) is 64.6 Å². The quantitative estimate of drug-likeness (QED) is 0.531. The zero-order chi connectivity index (χ0) is 17.8. The molecule has 1 fully saturated rings. The average Bonchev–Trinajstić information content (AvgIpc) is 3.03. The van der Waals surface area contributed by atoms with E-state index in [-0.39, 0.29) is 17.8 Å². The molecule has 5 nitrogen and oxygen atoms in total. The van der Waals surface area contributed by atoms with E-state index in [1.54, 1.807) is 7.05 Å². The second-order valence-electron chi connectivity index (χ2n) is 6.55. The van der Waals surface area contributed by atoms with Crippen molar-refractivity contribution in [2.75, 3.05) is 27.2 Å². The molecule has 2 unspecified atom stereocenters. The molecule has 2 atom stereocenters. The van der Waals surface area contributed by atoms with Gasteiger partial charge in [-0.15, -0.1) is 0 Å². The lowest BCUT2D eigenvalue weighted by Crippen LogP contribution is -2.40. The van der Waals surface area contributed by atoms with Crippen LogP contribution in [0, 0.1) is 11.8 Å². The largest absolute Gasteiger partial charge is 0.469 e. The van der Waals surface area contributed by atoms with Crippen LogP contribution in [0.2, 0.25) is 0 Å². The summed E-state index contributed by atoms with van der Waals surface area (Å²) in [5.41, 5.74) is 1.23. The summed E-state index contributed by atoms with van der Waals surface area (Å²) < 4.78 is 4.92. The van der Waals surface area contributed by atoms with Gasteiger partial charge in [-0.25, -0.2) is 0 Å². The number of esters is 1. The van der Waals surface area contributed by atoms with Gasteiger partial charge < -0.3 is 15.0 Å². The molecule has 1 N–H and O–H groups in total. The molecule has 0 aliphatic carbocycles. The van der Waals surface area contributed by atoms with E-state index in [1.807, 2.05) is 0 Å². The van der Waals surface area contributed by atoms with Crippen LogP contribution in [0.25, 0.3) is 10.8 Å². The number of carbonyl (C=O) groups excluding carboxylic acids is 1. The molecule has 1 aliphatic rings. The van der Waals surface area contributed by atoms with Crippen molar-refractivity contribution in [3.05, 3.63) is 48.0 Å². The molecule has 1 aliphatic heterocycles. The molecule has 25 heavy (non-hydrogen) atoms. The Labute approximate surface area is 148 Å². The maximum Gasteiger partial charge on any atom is 0.310 e. The van der Waals surface area contributed by atoms with Crippen LogP contribution >= 0.6 is 0 Å². The van der Waals surface area contributed by atoms with Crippen molar-refractivity contribution in [1.29, 1.82) is 0 Å². The van der Waals surface area contributed by atoms with Gasteiger partial charge in [0, 0.05) is 26.7 Å². The number of rotatable bonds is 3. The number of carbonyl (C=O) groups is 1. The molecule has 0 aromatic heterocycles. The van der Waals surface area contributed by atoms with Crippen molar-refractivity contribution in [3.8, 4) is 0 Å². The molecule has 3 rings (SSSR count). The van der Waals surface area contributed by atoms with Gasteiger partial charge in [0.25, 0.3) is 0 Å². The topological polar surface area (TPSA) is 53.9 Å². The Kier molecular flexibility index (Phi) is 5.22. The molecule has 0 spiro atoms. The summed E-state index contributed by atoms with van der Waals surface area (Å²) in [6.07, 6.45) is 0. The van der Waals surface area contributed by atoms with Crippen molar-refractivity contribution in [1.82, 2.24) is 10.2 Å². The highest BCUT2D eigenvalue weighted by Crippen LogP contribution is 2.24. The van der Waals surface area contributed by atoms with Gasteiger partial charge in [-0.1, -0.05) is 49.4 Å². The summed E-state index contributed by atoms with van der Waals surface area (Å²) in [5, 5.41) is 5.92. The highest BCUT2D eigenvalue weighted by molar-refractivity contribution is 5.87. The Balaban J connectivity index is 1.70. The SMILES string of the molecule is CN=C(NCc1cccc2ccccc12)N1CC(C)C(C(=O)OC)C1. The maximum atomic E-state index is 11.9. The Morgan fingerprint density at radius 1 is 1.24 bits per heavy atom. The first-order chi connectivity index (χ1) is 12.1. The monoisotopic (exact) mass is 339 g/mol. The summed E-state index contributed by atoms with van der Waals surface area (Å²) in [5.74, 6) is 0.843. The molecule has 0 radical (unpaired) electrons. The fourth-order valence-electron chi connectivity index (χ4n) is 3.55. The fraction of sp³-hybridized carbons (Fsp3) is 0.400.